The van der Waals surface area contributed by atoms with Gasteiger partial charge in [-0.15, -0.1) is 0 Å². The molecule has 6 heteroatoms. The van der Waals surface area contributed by atoms with Gasteiger partial charge in [-0.25, -0.2) is 0 Å². The number of carbonyl (C=O) groups is 1. The van der Waals surface area contributed by atoms with Gasteiger partial charge in [-0.05, 0) is 19.4 Å². The maximum atomic E-state index is 12.3. The van der Waals surface area contributed by atoms with E-state index in [1.54, 1.807) is 0 Å². The van der Waals surface area contributed by atoms with E-state index in [1.807, 2.05) is 74.5 Å². The van der Waals surface area contributed by atoms with E-state index in [2.05, 4.69) is 25.6 Å². The minimum atomic E-state index is -0.170. The molecule has 0 fully saturated rings. The van der Waals surface area contributed by atoms with Crippen LogP contribution in [0.4, 0.5) is 11.9 Å². The van der Waals surface area contributed by atoms with Crippen molar-refractivity contribution in [3.05, 3.63) is 66.2 Å². The molecule has 3 aromatic rings. The van der Waals surface area contributed by atoms with E-state index in [4.69, 9.17) is 0 Å². The Morgan fingerprint density at radius 1 is 0.885 bits per heavy atom. The summed E-state index contributed by atoms with van der Waals surface area (Å²) in [5.41, 5.74) is 1.79. The Morgan fingerprint density at radius 2 is 1.50 bits per heavy atom. The van der Waals surface area contributed by atoms with Crippen LogP contribution in [-0.2, 0) is 11.2 Å². The number of aromatic nitrogens is 3. The topological polar surface area (TPSA) is 79.8 Å². The Morgan fingerprint density at radius 3 is 2.15 bits per heavy atom. The summed E-state index contributed by atoms with van der Waals surface area (Å²) in [6.07, 6.45) is 0.264. The molecule has 3 rings (SSSR count). The van der Waals surface area contributed by atoms with Gasteiger partial charge in [0.1, 0.15) is 0 Å². The molecule has 0 atom stereocenters. The highest BCUT2D eigenvalue weighted by atomic mass is 16.1. The lowest BCUT2D eigenvalue weighted by molar-refractivity contribution is -0.115. The van der Waals surface area contributed by atoms with Crippen molar-refractivity contribution < 1.29 is 4.79 Å². The van der Waals surface area contributed by atoms with E-state index in [1.165, 1.54) is 0 Å². The minimum Gasteiger partial charge on any atom is -0.352 e. The fraction of sp³-hybridized carbons (Fsp3) is 0.200. The van der Waals surface area contributed by atoms with Crippen molar-refractivity contribution >= 4 is 17.8 Å². The van der Waals surface area contributed by atoms with Crippen LogP contribution in [0.5, 0.6) is 0 Å². The van der Waals surface area contributed by atoms with E-state index >= 15 is 0 Å². The first kappa shape index (κ1) is 17.5. The predicted molar refractivity (Wildman–Crippen MR) is 103 cm³/mol. The summed E-state index contributed by atoms with van der Waals surface area (Å²) in [4.78, 5) is 25.5. The number of nitrogens with one attached hydrogen (secondary N) is 2. The number of carbonyl (C=O) groups excluding carboxylic acids is 1. The molecule has 0 aliphatic heterocycles. The van der Waals surface area contributed by atoms with E-state index in [9.17, 15) is 4.79 Å². The molecule has 0 spiro atoms. The molecule has 0 radical (unpaired) electrons. The summed E-state index contributed by atoms with van der Waals surface area (Å²) >= 11 is 0. The Kier molecular flexibility index (Phi) is 5.53. The van der Waals surface area contributed by atoms with Crippen LogP contribution in [0.3, 0.4) is 0 Å². The molecule has 1 aromatic heterocycles. The normalized spacial score (nSPS) is 10.6. The average Bonchev–Trinajstić information content (AvgIpc) is 2.62. The van der Waals surface area contributed by atoms with Gasteiger partial charge in [0, 0.05) is 11.6 Å². The zero-order chi connectivity index (χ0) is 18.4. The summed E-state index contributed by atoms with van der Waals surface area (Å²) in [7, 11) is 0. The lowest BCUT2D eigenvalue weighted by atomic mass is 10.1. The molecule has 0 aliphatic carbocycles. The smallest absolute Gasteiger partial charge is 0.234 e. The van der Waals surface area contributed by atoms with Crippen LogP contribution in [0.1, 0.15) is 19.4 Å². The lowest BCUT2D eigenvalue weighted by Crippen LogP contribution is -2.19. The highest BCUT2D eigenvalue weighted by molar-refractivity contribution is 5.90. The molecule has 2 aromatic carbocycles. The molecule has 0 aliphatic rings. The van der Waals surface area contributed by atoms with Crippen LogP contribution in [0.15, 0.2) is 60.7 Å². The van der Waals surface area contributed by atoms with Crippen molar-refractivity contribution in [2.24, 2.45) is 0 Å². The highest BCUT2D eigenvalue weighted by Crippen LogP contribution is 2.18. The van der Waals surface area contributed by atoms with Crippen LogP contribution in [0.2, 0.25) is 0 Å². The van der Waals surface area contributed by atoms with Crippen molar-refractivity contribution in [1.29, 1.82) is 0 Å². The van der Waals surface area contributed by atoms with Gasteiger partial charge in [0.25, 0.3) is 0 Å². The van der Waals surface area contributed by atoms with E-state index in [0.717, 1.165) is 11.1 Å². The molecule has 0 unspecified atom stereocenters. The van der Waals surface area contributed by atoms with Crippen LogP contribution >= 0.6 is 0 Å². The van der Waals surface area contributed by atoms with E-state index in [-0.39, 0.29) is 24.3 Å². The second kappa shape index (κ2) is 8.20. The molecule has 0 saturated carbocycles. The number of rotatable bonds is 6. The molecule has 1 heterocycles. The molecule has 2 N–H and O–H groups in total. The van der Waals surface area contributed by atoms with E-state index < -0.39 is 0 Å². The summed E-state index contributed by atoms with van der Waals surface area (Å²) < 4.78 is 0. The summed E-state index contributed by atoms with van der Waals surface area (Å²) in [6.45, 7) is 4.00. The van der Waals surface area contributed by atoms with Gasteiger partial charge < -0.3 is 5.32 Å². The van der Waals surface area contributed by atoms with E-state index in [0.29, 0.717) is 11.8 Å². The van der Waals surface area contributed by atoms with Gasteiger partial charge in [-0.3, -0.25) is 10.1 Å². The third kappa shape index (κ3) is 4.86. The zero-order valence-electron chi connectivity index (χ0n) is 14.8. The summed E-state index contributed by atoms with van der Waals surface area (Å²) in [5.74, 6) is 1.02. The third-order valence-corrected chi connectivity index (χ3v) is 3.54. The van der Waals surface area contributed by atoms with Gasteiger partial charge in [0.15, 0.2) is 5.82 Å². The Hall–Kier alpha value is -3.28. The predicted octanol–water partition coefficient (Wildman–Crippen LogP) is 3.54. The summed E-state index contributed by atoms with van der Waals surface area (Å²) in [5, 5.41) is 5.94. The number of amides is 1. The zero-order valence-corrected chi connectivity index (χ0v) is 14.8. The number of hydrogen-bond acceptors (Lipinski definition) is 5. The maximum absolute atomic E-state index is 12.3. The quantitative estimate of drug-likeness (QED) is 0.713. The molecular formula is C20H21N5O. The largest absolute Gasteiger partial charge is 0.352 e. The van der Waals surface area contributed by atoms with Gasteiger partial charge in [0.2, 0.25) is 17.8 Å². The van der Waals surface area contributed by atoms with Crippen molar-refractivity contribution in [2.75, 3.05) is 10.6 Å². The number of anilines is 2. The number of hydrogen-bond donors (Lipinski definition) is 2. The number of benzene rings is 2. The molecule has 1 amide bonds. The van der Waals surface area contributed by atoms with Crippen molar-refractivity contribution in [1.82, 2.24) is 15.0 Å². The second-order valence-corrected chi connectivity index (χ2v) is 6.18. The van der Waals surface area contributed by atoms with Crippen LogP contribution in [0, 0.1) is 0 Å². The standard InChI is InChI=1S/C20H21N5O/c1-14(2)21-19-23-18(16-11-7-4-8-12-16)24-20(25-19)22-17(26)13-15-9-5-3-6-10-15/h3-12,14H,13H2,1-2H3,(H2,21,22,23,24,25,26). The fourth-order valence-corrected chi connectivity index (χ4v) is 2.42. The third-order valence-electron chi connectivity index (χ3n) is 3.54. The monoisotopic (exact) mass is 347 g/mol. The van der Waals surface area contributed by atoms with Crippen molar-refractivity contribution in [2.45, 2.75) is 26.3 Å². The minimum absolute atomic E-state index is 0.161. The van der Waals surface area contributed by atoms with Gasteiger partial charge in [-0.1, -0.05) is 60.7 Å². The molecule has 0 bridgehead atoms. The van der Waals surface area contributed by atoms with Crippen LogP contribution in [-0.4, -0.2) is 26.9 Å². The second-order valence-electron chi connectivity index (χ2n) is 6.18. The van der Waals surface area contributed by atoms with Gasteiger partial charge in [-0.2, -0.15) is 15.0 Å². The summed E-state index contributed by atoms with van der Waals surface area (Å²) in [6, 6.07) is 19.3. The average molecular weight is 347 g/mol. The van der Waals surface area contributed by atoms with Crippen LogP contribution in [0.25, 0.3) is 11.4 Å². The van der Waals surface area contributed by atoms with Crippen LogP contribution < -0.4 is 10.6 Å². The Balaban J connectivity index is 1.84. The lowest BCUT2D eigenvalue weighted by Gasteiger charge is -2.11. The first-order valence-corrected chi connectivity index (χ1v) is 8.52. The SMILES string of the molecule is CC(C)Nc1nc(NC(=O)Cc2ccccc2)nc(-c2ccccc2)n1. The molecule has 132 valence electrons. The molecule has 6 nitrogen and oxygen atoms in total. The first-order chi connectivity index (χ1) is 12.6. The van der Waals surface area contributed by atoms with Crippen molar-refractivity contribution in [3.8, 4) is 11.4 Å². The van der Waals surface area contributed by atoms with Gasteiger partial charge in [0.05, 0.1) is 6.42 Å². The highest BCUT2D eigenvalue weighted by Gasteiger charge is 2.12. The maximum Gasteiger partial charge on any atom is 0.234 e. The molecule has 0 saturated heterocycles. The molecular weight excluding hydrogens is 326 g/mol. The Labute approximate surface area is 152 Å². The van der Waals surface area contributed by atoms with Gasteiger partial charge >= 0.3 is 0 Å². The first-order valence-electron chi connectivity index (χ1n) is 8.52. The Bertz CT molecular complexity index is 866. The van der Waals surface area contributed by atoms with Crippen molar-refractivity contribution in [3.63, 3.8) is 0 Å². The molecule has 26 heavy (non-hydrogen) atoms. The number of nitrogens with zero attached hydrogens (tertiary/aromatic N) is 3. The fourth-order valence-electron chi connectivity index (χ4n) is 2.42.